The van der Waals surface area contributed by atoms with Crippen LogP contribution in [0.5, 0.6) is 11.5 Å². The standard InChI is InChI=1S/C15H21N3O4/c1-5-10(2)17-14(19)15(20)18-16-9-11-6-7-12(21-3)8-13(11)22-4/h6-10H,5H2,1-4H3,(H,17,19)(H,18,20)/b16-9-/t10-/m0/s1. The molecule has 22 heavy (non-hydrogen) atoms. The molecule has 1 atom stereocenters. The van der Waals surface area contributed by atoms with E-state index in [1.54, 1.807) is 25.3 Å². The van der Waals surface area contributed by atoms with E-state index in [1.165, 1.54) is 13.3 Å². The van der Waals surface area contributed by atoms with E-state index in [2.05, 4.69) is 15.8 Å². The molecule has 0 spiro atoms. The molecule has 2 amide bonds. The maximum Gasteiger partial charge on any atom is 0.329 e. The van der Waals surface area contributed by atoms with Crippen molar-refractivity contribution in [3.63, 3.8) is 0 Å². The Kier molecular flexibility index (Phi) is 6.88. The lowest BCUT2D eigenvalue weighted by Crippen LogP contribution is -2.41. The van der Waals surface area contributed by atoms with E-state index >= 15 is 0 Å². The summed E-state index contributed by atoms with van der Waals surface area (Å²) >= 11 is 0. The minimum atomic E-state index is -0.816. The summed E-state index contributed by atoms with van der Waals surface area (Å²) in [4.78, 5) is 23.1. The fraction of sp³-hybridized carbons (Fsp3) is 0.400. The zero-order chi connectivity index (χ0) is 16.5. The molecule has 1 aromatic rings. The van der Waals surface area contributed by atoms with Crippen LogP contribution >= 0.6 is 0 Å². The molecule has 0 bridgehead atoms. The normalized spacial score (nSPS) is 11.8. The van der Waals surface area contributed by atoms with E-state index in [9.17, 15) is 9.59 Å². The van der Waals surface area contributed by atoms with Crippen molar-refractivity contribution in [3.8, 4) is 11.5 Å². The summed E-state index contributed by atoms with van der Waals surface area (Å²) in [5.74, 6) is -0.343. The van der Waals surface area contributed by atoms with Crippen LogP contribution in [0.25, 0.3) is 0 Å². The lowest BCUT2D eigenvalue weighted by atomic mass is 10.2. The number of nitrogens with zero attached hydrogens (tertiary/aromatic N) is 1. The molecule has 0 fully saturated rings. The number of methoxy groups -OCH3 is 2. The topological polar surface area (TPSA) is 89.0 Å². The van der Waals surface area contributed by atoms with Crippen LogP contribution in [-0.2, 0) is 9.59 Å². The van der Waals surface area contributed by atoms with E-state index in [-0.39, 0.29) is 6.04 Å². The summed E-state index contributed by atoms with van der Waals surface area (Å²) in [6.45, 7) is 3.73. The van der Waals surface area contributed by atoms with Crippen molar-refractivity contribution in [1.29, 1.82) is 0 Å². The van der Waals surface area contributed by atoms with Crippen LogP contribution in [0.4, 0.5) is 0 Å². The van der Waals surface area contributed by atoms with Gasteiger partial charge in [0, 0.05) is 17.7 Å². The maximum atomic E-state index is 11.6. The van der Waals surface area contributed by atoms with Gasteiger partial charge in [0.25, 0.3) is 0 Å². The average Bonchev–Trinajstić information content (AvgIpc) is 2.54. The monoisotopic (exact) mass is 307 g/mol. The Labute approximate surface area is 129 Å². The highest BCUT2D eigenvalue weighted by molar-refractivity contribution is 6.35. The second-order valence-corrected chi connectivity index (χ2v) is 4.59. The molecule has 0 aromatic heterocycles. The molecule has 0 heterocycles. The Balaban J connectivity index is 2.65. The van der Waals surface area contributed by atoms with Crippen LogP contribution in [0.1, 0.15) is 25.8 Å². The van der Waals surface area contributed by atoms with Gasteiger partial charge in [0.05, 0.1) is 20.4 Å². The number of rotatable bonds is 6. The first-order valence-electron chi connectivity index (χ1n) is 6.87. The average molecular weight is 307 g/mol. The van der Waals surface area contributed by atoms with Gasteiger partial charge in [0.15, 0.2) is 0 Å². The van der Waals surface area contributed by atoms with Gasteiger partial charge in [-0.25, -0.2) is 5.43 Å². The summed E-state index contributed by atoms with van der Waals surface area (Å²) in [7, 11) is 3.07. The van der Waals surface area contributed by atoms with Crippen LogP contribution in [0.15, 0.2) is 23.3 Å². The molecule has 0 saturated carbocycles. The third kappa shape index (κ3) is 5.08. The van der Waals surface area contributed by atoms with E-state index in [0.29, 0.717) is 17.1 Å². The Morgan fingerprint density at radius 3 is 2.59 bits per heavy atom. The molecule has 120 valence electrons. The Hall–Kier alpha value is -2.57. The quantitative estimate of drug-likeness (QED) is 0.467. The molecular weight excluding hydrogens is 286 g/mol. The Morgan fingerprint density at radius 1 is 1.27 bits per heavy atom. The van der Waals surface area contributed by atoms with E-state index in [0.717, 1.165) is 6.42 Å². The van der Waals surface area contributed by atoms with Crippen LogP contribution < -0.4 is 20.2 Å². The Bertz CT molecular complexity index is 558. The predicted octanol–water partition coefficient (Wildman–Crippen LogP) is 1.07. The van der Waals surface area contributed by atoms with Gasteiger partial charge in [-0.2, -0.15) is 5.10 Å². The smallest absolute Gasteiger partial charge is 0.329 e. The molecule has 0 saturated heterocycles. The number of carbonyl (C=O) groups excluding carboxylic acids is 2. The Morgan fingerprint density at radius 2 is 2.00 bits per heavy atom. The lowest BCUT2D eigenvalue weighted by Gasteiger charge is -2.09. The van der Waals surface area contributed by atoms with Crippen molar-refractivity contribution >= 4 is 18.0 Å². The van der Waals surface area contributed by atoms with Gasteiger partial charge in [-0.05, 0) is 25.5 Å². The number of ether oxygens (including phenoxy) is 2. The third-order valence-electron chi connectivity index (χ3n) is 3.01. The molecular formula is C15H21N3O4. The molecule has 7 nitrogen and oxygen atoms in total. The first kappa shape index (κ1) is 17.5. The van der Waals surface area contributed by atoms with Crippen molar-refractivity contribution < 1.29 is 19.1 Å². The summed E-state index contributed by atoms with van der Waals surface area (Å²) in [5, 5.41) is 6.30. The SMILES string of the molecule is CC[C@H](C)NC(=O)C(=O)N/N=C\c1ccc(OC)cc1OC. The van der Waals surface area contributed by atoms with Gasteiger partial charge >= 0.3 is 11.8 Å². The van der Waals surface area contributed by atoms with Crippen LogP contribution in [0.2, 0.25) is 0 Å². The molecule has 0 unspecified atom stereocenters. The minimum absolute atomic E-state index is 0.0658. The maximum absolute atomic E-state index is 11.6. The fourth-order valence-electron chi connectivity index (χ4n) is 1.53. The largest absolute Gasteiger partial charge is 0.497 e. The van der Waals surface area contributed by atoms with Crippen molar-refractivity contribution in [2.75, 3.05) is 14.2 Å². The number of hydrogen-bond acceptors (Lipinski definition) is 5. The second-order valence-electron chi connectivity index (χ2n) is 4.59. The zero-order valence-electron chi connectivity index (χ0n) is 13.2. The number of amides is 2. The van der Waals surface area contributed by atoms with Crippen molar-refractivity contribution in [2.45, 2.75) is 26.3 Å². The number of hydrogen-bond donors (Lipinski definition) is 2. The first-order chi connectivity index (χ1) is 10.5. The van der Waals surface area contributed by atoms with Gasteiger partial charge in [0.2, 0.25) is 0 Å². The molecule has 0 aliphatic heterocycles. The molecule has 2 N–H and O–H groups in total. The van der Waals surface area contributed by atoms with Gasteiger partial charge in [-0.15, -0.1) is 0 Å². The lowest BCUT2D eigenvalue weighted by molar-refractivity contribution is -0.139. The summed E-state index contributed by atoms with van der Waals surface area (Å²) < 4.78 is 10.3. The summed E-state index contributed by atoms with van der Waals surface area (Å²) in [5.41, 5.74) is 2.82. The number of benzene rings is 1. The summed E-state index contributed by atoms with van der Waals surface area (Å²) in [6, 6.07) is 5.09. The highest BCUT2D eigenvalue weighted by Gasteiger charge is 2.14. The molecule has 1 aromatic carbocycles. The van der Waals surface area contributed by atoms with Gasteiger partial charge in [-0.3, -0.25) is 9.59 Å². The molecule has 0 aliphatic carbocycles. The minimum Gasteiger partial charge on any atom is -0.497 e. The number of hydrazone groups is 1. The molecule has 0 radical (unpaired) electrons. The van der Waals surface area contributed by atoms with E-state index in [4.69, 9.17) is 9.47 Å². The fourth-order valence-corrected chi connectivity index (χ4v) is 1.53. The van der Waals surface area contributed by atoms with Crippen molar-refractivity contribution in [1.82, 2.24) is 10.7 Å². The number of carbonyl (C=O) groups is 2. The predicted molar refractivity (Wildman–Crippen MR) is 83.2 cm³/mol. The van der Waals surface area contributed by atoms with Crippen LogP contribution in [0, 0.1) is 0 Å². The second kappa shape index (κ2) is 8.66. The molecule has 1 rings (SSSR count). The molecule has 7 heteroatoms. The van der Waals surface area contributed by atoms with Gasteiger partial charge in [0.1, 0.15) is 11.5 Å². The highest BCUT2D eigenvalue weighted by atomic mass is 16.5. The van der Waals surface area contributed by atoms with E-state index < -0.39 is 11.8 Å². The zero-order valence-corrected chi connectivity index (χ0v) is 13.2. The van der Waals surface area contributed by atoms with E-state index in [1.807, 2.05) is 13.8 Å². The molecule has 0 aliphatic rings. The van der Waals surface area contributed by atoms with Crippen LogP contribution in [0.3, 0.4) is 0 Å². The van der Waals surface area contributed by atoms with Crippen molar-refractivity contribution in [2.24, 2.45) is 5.10 Å². The highest BCUT2D eigenvalue weighted by Crippen LogP contribution is 2.22. The van der Waals surface area contributed by atoms with Crippen LogP contribution in [-0.4, -0.2) is 38.3 Å². The summed E-state index contributed by atoms with van der Waals surface area (Å²) in [6.07, 6.45) is 2.14. The number of nitrogens with one attached hydrogen (secondary N) is 2. The van der Waals surface area contributed by atoms with Gasteiger partial charge < -0.3 is 14.8 Å². The first-order valence-corrected chi connectivity index (χ1v) is 6.87. The third-order valence-corrected chi connectivity index (χ3v) is 3.01. The van der Waals surface area contributed by atoms with Gasteiger partial charge in [-0.1, -0.05) is 6.92 Å². The van der Waals surface area contributed by atoms with Crippen molar-refractivity contribution in [3.05, 3.63) is 23.8 Å².